The van der Waals surface area contributed by atoms with E-state index in [0.717, 1.165) is 11.3 Å². The lowest BCUT2D eigenvalue weighted by Crippen LogP contribution is -1.97. The minimum atomic E-state index is -2.64. The predicted octanol–water partition coefficient (Wildman–Crippen LogP) is 3.10. The monoisotopic (exact) mass is 287 g/mol. The second-order valence-corrected chi connectivity index (χ2v) is 3.71. The second kappa shape index (κ2) is 4.69. The Balaban J connectivity index is 2.34. The van der Waals surface area contributed by atoms with E-state index in [1.165, 1.54) is 11.0 Å². The molecule has 0 aliphatic rings. The van der Waals surface area contributed by atoms with Crippen LogP contribution in [0.15, 0.2) is 30.6 Å². The number of nitrogens with zero attached hydrogens (tertiary/aromatic N) is 3. The van der Waals surface area contributed by atoms with E-state index >= 15 is 0 Å². The van der Waals surface area contributed by atoms with Gasteiger partial charge in [0.1, 0.15) is 6.33 Å². The van der Waals surface area contributed by atoms with Crippen LogP contribution in [0.4, 0.5) is 8.78 Å². The van der Waals surface area contributed by atoms with Gasteiger partial charge in [0.15, 0.2) is 0 Å². The molecule has 1 heterocycles. The van der Waals surface area contributed by atoms with Gasteiger partial charge in [0.25, 0.3) is 6.43 Å². The third-order valence-electron chi connectivity index (χ3n) is 2.03. The van der Waals surface area contributed by atoms with Gasteiger partial charge in [-0.3, -0.25) is 0 Å². The van der Waals surface area contributed by atoms with Crippen molar-refractivity contribution in [3.63, 3.8) is 0 Å². The van der Waals surface area contributed by atoms with Crippen LogP contribution >= 0.6 is 15.9 Å². The molecule has 0 radical (unpaired) electrons. The van der Waals surface area contributed by atoms with Gasteiger partial charge in [-0.1, -0.05) is 28.1 Å². The Bertz CT molecular complexity index is 484. The van der Waals surface area contributed by atoms with Gasteiger partial charge in [-0.2, -0.15) is 0 Å². The molecule has 0 aliphatic carbocycles. The highest BCUT2D eigenvalue weighted by molar-refractivity contribution is 9.08. The Labute approximate surface area is 99.2 Å². The van der Waals surface area contributed by atoms with Gasteiger partial charge in [-0.25, -0.2) is 18.4 Å². The summed E-state index contributed by atoms with van der Waals surface area (Å²) < 4.78 is 25.9. The summed E-state index contributed by atoms with van der Waals surface area (Å²) in [6.45, 7) is 0. The molecule has 1 aromatic heterocycles. The van der Waals surface area contributed by atoms with E-state index in [9.17, 15) is 8.78 Å². The first-order valence-corrected chi connectivity index (χ1v) is 5.68. The van der Waals surface area contributed by atoms with Crippen LogP contribution < -0.4 is 0 Å². The highest BCUT2D eigenvalue weighted by atomic mass is 79.9. The summed E-state index contributed by atoms with van der Waals surface area (Å²) in [5, 5.41) is 4.40. The van der Waals surface area contributed by atoms with Crippen molar-refractivity contribution in [2.24, 2.45) is 0 Å². The van der Waals surface area contributed by atoms with E-state index in [1.54, 1.807) is 6.07 Å². The van der Waals surface area contributed by atoms with E-state index in [4.69, 9.17) is 0 Å². The highest BCUT2D eigenvalue weighted by Crippen LogP contribution is 2.16. The Morgan fingerprint density at radius 3 is 2.81 bits per heavy atom. The van der Waals surface area contributed by atoms with Crippen LogP contribution in [0, 0.1) is 0 Å². The molecular formula is C10H8BrF2N3. The molecule has 0 bridgehead atoms. The second-order valence-electron chi connectivity index (χ2n) is 3.15. The summed E-state index contributed by atoms with van der Waals surface area (Å²) in [4.78, 5) is 3.54. The summed E-state index contributed by atoms with van der Waals surface area (Å²) in [7, 11) is 0. The van der Waals surface area contributed by atoms with Gasteiger partial charge in [0.2, 0.25) is 5.82 Å². The molecule has 84 valence electrons. The van der Waals surface area contributed by atoms with Crippen molar-refractivity contribution in [3.05, 3.63) is 42.0 Å². The molecule has 3 nitrogen and oxygen atoms in total. The molecule has 6 heteroatoms. The van der Waals surface area contributed by atoms with Crippen molar-refractivity contribution in [1.29, 1.82) is 0 Å². The lowest BCUT2D eigenvalue weighted by molar-refractivity contribution is 0.140. The molecule has 16 heavy (non-hydrogen) atoms. The summed E-state index contributed by atoms with van der Waals surface area (Å²) in [6, 6.07) is 7.42. The zero-order valence-corrected chi connectivity index (χ0v) is 9.73. The maximum atomic E-state index is 12.3. The lowest BCUT2D eigenvalue weighted by Gasteiger charge is -2.01. The summed E-state index contributed by atoms with van der Waals surface area (Å²) >= 11 is 3.33. The van der Waals surface area contributed by atoms with Crippen molar-refractivity contribution >= 4 is 15.9 Å². The number of hydrogen-bond donors (Lipinski definition) is 0. The Morgan fingerprint density at radius 1 is 1.38 bits per heavy atom. The smallest absolute Gasteiger partial charge is 0.221 e. The molecule has 0 fully saturated rings. The molecule has 0 unspecified atom stereocenters. The van der Waals surface area contributed by atoms with Crippen molar-refractivity contribution in [2.75, 3.05) is 0 Å². The highest BCUT2D eigenvalue weighted by Gasteiger charge is 2.12. The van der Waals surface area contributed by atoms with Crippen molar-refractivity contribution < 1.29 is 8.78 Å². The number of benzene rings is 1. The molecular weight excluding hydrogens is 280 g/mol. The van der Waals surface area contributed by atoms with Gasteiger partial charge in [0.05, 0.1) is 5.69 Å². The summed E-state index contributed by atoms with van der Waals surface area (Å²) in [5.41, 5.74) is 1.77. The minimum absolute atomic E-state index is 0.454. The van der Waals surface area contributed by atoms with Crippen molar-refractivity contribution in [1.82, 2.24) is 14.8 Å². The molecule has 0 amide bonds. The molecule has 1 aromatic carbocycles. The topological polar surface area (TPSA) is 30.7 Å². The number of halogens is 3. The van der Waals surface area contributed by atoms with Gasteiger partial charge in [-0.05, 0) is 17.7 Å². The van der Waals surface area contributed by atoms with Crippen LogP contribution in [0.25, 0.3) is 5.69 Å². The molecule has 0 saturated carbocycles. The van der Waals surface area contributed by atoms with Crippen LogP contribution in [-0.4, -0.2) is 14.8 Å². The third kappa shape index (κ3) is 2.27. The first-order chi connectivity index (χ1) is 7.70. The maximum Gasteiger partial charge on any atom is 0.299 e. The molecule has 0 atom stereocenters. The van der Waals surface area contributed by atoms with Crippen LogP contribution in [-0.2, 0) is 5.33 Å². The zero-order valence-electron chi connectivity index (χ0n) is 8.15. The van der Waals surface area contributed by atoms with E-state index in [2.05, 4.69) is 26.0 Å². The van der Waals surface area contributed by atoms with Gasteiger partial charge >= 0.3 is 0 Å². The minimum Gasteiger partial charge on any atom is -0.221 e. The fraction of sp³-hybridized carbons (Fsp3) is 0.200. The third-order valence-corrected chi connectivity index (χ3v) is 2.68. The largest absolute Gasteiger partial charge is 0.299 e. The Kier molecular flexibility index (Phi) is 3.28. The van der Waals surface area contributed by atoms with Crippen LogP contribution in [0.5, 0.6) is 0 Å². The summed E-state index contributed by atoms with van der Waals surface area (Å²) in [5.74, 6) is -0.454. The maximum absolute atomic E-state index is 12.3. The molecule has 0 spiro atoms. The van der Waals surface area contributed by atoms with Gasteiger partial charge in [0, 0.05) is 5.33 Å². The molecule has 0 saturated heterocycles. The fourth-order valence-corrected chi connectivity index (χ4v) is 1.63. The SMILES string of the molecule is FC(F)c1ncn(-c2cccc(CBr)c2)n1. The molecule has 2 aromatic rings. The standard InChI is InChI=1S/C10H8BrF2N3/c11-5-7-2-1-3-8(4-7)16-6-14-10(15-16)9(12)13/h1-4,6,9H,5H2. The quantitative estimate of drug-likeness (QED) is 0.812. The zero-order chi connectivity index (χ0) is 11.5. The molecule has 2 rings (SSSR count). The van der Waals surface area contributed by atoms with E-state index < -0.39 is 12.2 Å². The van der Waals surface area contributed by atoms with E-state index in [1.807, 2.05) is 18.2 Å². The van der Waals surface area contributed by atoms with Crippen LogP contribution in [0.2, 0.25) is 0 Å². The lowest BCUT2D eigenvalue weighted by atomic mass is 10.2. The van der Waals surface area contributed by atoms with E-state index in [-0.39, 0.29) is 0 Å². The number of hydrogen-bond acceptors (Lipinski definition) is 2. The Hall–Kier alpha value is -1.30. The van der Waals surface area contributed by atoms with E-state index in [0.29, 0.717) is 5.33 Å². The van der Waals surface area contributed by atoms with Gasteiger partial charge < -0.3 is 0 Å². The Morgan fingerprint density at radius 2 is 2.19 bits per heavy atom. The van der Waals surface area contributed by atoms with Gasteiger partial charge in [-0.15, -0.1) is 5.10 Å². The normalized spacial score (nSPS) is 11.0. The molecule has 0 N–H and O–H groups in total. The van der Waals surface area contributed by atoms with Crippen LogP contribution in [0.1, 0.15) is 17.8 Å². The predicted molar refractivity (Wildman–Crippen MR) is 58.9 cm³/mol. The summed E-state index contributed by atoms with van der Waals surface area (Å²) in [6.07, 6.45) is -1.35. The average molecular weight is 288 g/mol. The number of aromatic nitrogens is 3. The fourth-order valence-electron chi connectivity index (χ4n) is 1.28. The number of alkyl halides is 3. The first kappa shape index (κ1) is 11.2. The first-order valence-electron chi connectivity index (χ1n) is 4.55. The van der Waals surface area contributed by atoms with Crippen LogP contribution in [0.3, 0.4) is 0 Å². The number of rotatable bonds is 3. The molecule has 0 aliphatic heterocycles. The average Bonchev–Trinajstić information content (AvgIpc) is 2.78. The van der Waals surface area contributed by atoms with Crippen molar-refractivity contribution in [2.45, 2.75) is 11.8 Å². The van der Waals surface area contributed by atoms with Crippen molar-refractivity contribution in [3.8, 4) is 5.69 Å².